The summed E-state index contributed by atoms with van der Waals surface area (Å²) in [6, 6.07) is 8.02. The molecule has 1 saturated heterocycles. The van der Waals surface area contributed by atoms with Crippen molar-refractivity contribution in [2.75, 3.05) is 6.54 Å². The number of amides is 3. The number of imide groups is 1. The first-order chi connectivity index (χ1) is 13.6. The standard InChI is InChI=1S/C21H24N2O3S2/c24-19(9-10-23-20(25)17-7-1-2-8-18(17)21(23)26)22(13-15-5-3-11-27-15)14-16-6-4-12-28-16/h3-6,11-12,17-18H,1-2,7-10,13-14H2/t17-,18-/m1/s1. The molecule has 3 heterocycles. The number of hydrogen-bond donors (Lipinski definition) is 0. The van der Waals surface area contributed by atoms with Crippen LogP contribution in [0.4, 0.5) is 0 Å². The Morgan fingerprint density at radius 3 is 1.96 bits per heavy atom. The average molecular weight is 417 g/mol. The predicted molar refractivity (Wildman–Crippen MR) is 110 cm³/mol. The van der Waals surface area contributed by atoms with Crippen LogP contribution in [0.25, 0.3) is 0 Å². The Bertz CT molecular complexity index is 772. The molecular weight excluding hydrogens is 392 g/mol. The molecule has 4 rings (SSSR count). The zero-order valence-corrected chi connectivity index (χ0v) is 17.3. The molecule has 2 atom stereocenters. The highest BCUT2D eigenvalue weighted by Gasteiger charge is 2.47. The van der Waals surface area contributed by atoms with E-state index in [1.807, 2.05) is 39.9 Å². The normalized spacial score (nSPS) is 21.8. The second-order valence-corrected chi connectivity index (χ2v) is 9.55. The lowest BCUT2D eigenvalue weighted by Gasteiger charge is -2.23. The first kappa shape index (κ1) is 19.3. The van der Waals surface area contributed by atoms with E-state index >= 15 is 0 Å². The van der Waals surface area contributed by atoms with Gasteiger partial charge in [0.05, 0.1) is 24.9 Å². The fourth-order valence-corrected chi connectivity index (χ4v) is 5.67. The van der Waals surface area contributed by atoms with Crippen molar-refractivity contribution in [2.45, 2.75) is 45.2 Å². The van der Waals surface area contributed by atoms with Gasteiger partial charge in [0, 0.05) is 22.7 Å². The summed E-state index contributed by atoms with van der Waals surface area (Å²) >= 11 is 3.26. The molecule has 0 bridgehead atoms. The summed E-state index contributed by atoms with van der Waals surface area (Å²) in [5.74, 6) is -0.442. The van der Waals surface area contributed by atoms with Crippen molar-refractivity contribution in [1.29, 1.82) is 0 Å². The van der Waals surface area contributed by atoms with E-state index in [4.69, 9.17) is 0 Å². The highest BCUT2D eigenvalue weighted by Crippen LogP contribution is 2.38. The molecule has 3 amide bonds. The second-order valence-electron chi connectivity index (χ2n) is 7.48. The molecule has 0 unspecified atom stereocenters. The topological polar surface area (TPSA) is 57.7 Å². The summed E-state index contributed by atoms with van der Waals surface area (Å²) in [7, 11) is 0. The summed E-state index contributed by atoms with van der Waals surface area (Å²) in [6.45, 7) is 1.32. The number of nitrogens with zero attached hydrogens (tertiary/aromatic N) is 2. The Morgan fingerprint density at radius 1 is 0.964 bits per heavy atom. The minimum absolute atomic E-state index is 0.0164. The van der Waals surface area contributed by atoms with Gasteiger partial charge in [-0.05, 0) is 35.7 Å². The average Bonchev–Trinajstić information content (AvgIpc) is 3.44. The van der Waals surface area contributed by atoms with Crippen LogP contribution in [0.5, 0.6) is 0 Å². The Balaban J connectivity index is 1.41. The van der Waals surface area contributed by atoms with Crippen LogP contribution in [0.1, 0.15) is 41.9 Å². The molecule has 2 aliphatic rings. The number of rotatable bonds is 7. The van der Waals surface area contributed by atoms with Crippen LogP contribution in [0.15, 0.2) is 35.0 Å². The number of hydrogen-bond acceptors (Lipinski definition) is 5. The van der Waals surface area contributed by atoms with Crippen LogP contribution in [0, 0.1) is 11.8 Å². The van der Waals surface area contributed by atoms with Crippen molar-refractivity contribution in [3.05, 3.63) is 44.8 Å². The Labute approximate surface area is 173 Å². The molecule has 5 nitrogen and oxygen atoms in total. The molecule has 0 aromatic carbocycles. The maximum Gasteiger partial charge on any atom is 0.233 e. The van der Waals surface area contributed by atoms with E-state index in [1.165, 1.54) is 4.90 Å². The van der Waals surface area contributed by atoms with Crippen LogP contribution in [-0.2, 0) is 27.5 Å². The third kappa shape index (κ3) is 4.05. The minimum atomic E-state index is -0.148. The molecule has 28 heavy (non-hydrogen) atoms. The van der Waals surface area contributed by atoms with Crippen molar-refractivity contribution < 1.29 is 14.4 Å². The van der Waals surface area contributed by atoms with Crippen molar-refractivity contribution in [1.82, 2.24) is 9.80 Å². The van der Waals surface area contributed by atoms with Crippen molar-refractivity contribution in [2.24, 2.45) is 11.8 Å². The molecule has 0 spiro atoms. The highest BCUT2D eigenvalue weighted by atomic mass is 32.1. The van der Waals surface area contributed by atoms with Crippen LogP contribution in [-0.4, -0.2) is 34.1 Å². The molecule has 148 valence electrons. The summed E-state index contributed by atoms with van der Waals surface area (Å²) in [5.41, 5.74) is 0. The quantitative estimate of drug-likeness (QED) is 0.643. The van der Waals surface area contributed by atoms with Gasteiger partial charge in [0.25, 0.3) is 0 Å². The Morgan fingerprint density at radius 2 is 1.50 bits per heavy atom. The molecule has 2 aromatic rings. The third-order valence-electron chi connectivity index (χ3n) is 5.69. The monoisotopic (exact) mass is 416 g/mol. The zero-order valence-electron chi connectivity index (χ0n) is 15.7. The molecule has 7 heteroatoms. The summed E-state index contributed by atoms with van der Waals surface area (Å²) in [5, 5.41) is 4.01. The molecule has 2 aromatic heterocycles. The number of likely N-dealkylation sites (tertiary alicyclic amines) is 1. The van der Waals surface area contributed by atoms with Crippen LogP contribution >= 0.6 is 22.7 Å². The first-order valence-corrected chi connectivity index (χ1v) is 11.6. The van der Waals surface area contributed by atoms with E-state index < -0.39 is 0 Å². The van der Waals surface area contributed by atoms with E-state index in [0.717, 1.165) is 35.4 Å². The number of fused-ring (bicyclic) bond motifs is 1. The van der Waals surface area contributed by atoms with Gasteiger partial charge in [0.15, 0.2) is 0 Å². The summed E-state index contributed by atoms with van der Waals surface area (Å²) < 4.78 is 0. The van der Waals surface area contributed by atoms with E-state index in [-0.39, 0.29) is 42.5 Å². The number of carbonyl (C=O) groups excluding carboxylic acids is 3. The van der Waals surface area contributed by atoms with Gasteiger partial charge in [-0.3, -0.25) is 19.3 Å². The van der Waals surface area contributed by atoms with Crippen LogP contribution in [0.3, 0.4) is 0 Å². The minimum Gasteiger partial charge on any atom is -0.332 e. The first-order valence-electron chi connectivity index (χ1n) is 9.81. The van der Waals surface area contributed by atoms with Gasteiger partial charge < -0.3 is 4.90 Å². The molecular formula is C21H24N2O3S2. The molecule has 1 aliphatic heterocycles. The fourth-order valence-electron chi connectivity index (χ4n) is 4.23. The largest absolute Gasteiger partial charge is 0.332 e. The smallest absolute Gasteiger partial charge is 0.233 e. The molecule has 0 radical (unpaired) electrons. The van der Waals surface area contributed by atoms with Gasteiger partial charge in [-0.15, -0.1) is 22.7 Å². The molecule has 2 fully saturated rings. The number of carbonyl (C=O) groups is 3. The van der Waals surface area contributed by atoms with Crippen molar-refractivity contribution in [3.8, 4) is 0 Å². The van der Waals surface area contributed by atoms with E-state index in [2.05, 4.69) is 0 Å². The van der Waals surface area contributed by atoms with Gasteiger partial charge in [-0.1, -0.05) is 25.0 Å². The highest BCUT2D eigenvalue weighted by molar-refractivity contribution is 7.10. The maximum atomic E-state index is 13.0. The van der Waals surface area contributed by atoms with E-state index in [9.17, 15) is 14.4 Å². The maximum absolute atomic E-state index is 13.0. The van der Waals surface area contributed by atoms with Crippen LogP contribution in [0.2, 0.25) is 0 Å². The molecule has 1 aliphatic carbocycles. The number of thiophene rings is 2. The third-order valence-corrected chi connectivity index (χ3v) is 7.41. The Hall–Kier alpha value is -1.99. The predicted octanol–water partition coefficient (Wildman–Crippen LogP) is 3.90. The molecule has 0 N–H and O–H groups in total. The van der Waals surface area contributed by atoms with Gasteiger partial charge >= 0.3 is 0 Å². The Kier molecular flexibility index (Phi) is 5.92. The fraction of sp³-hybridized carbons (Fsp3) is 0.476. The SMILES string of the molecule is O=C(CCN1C(=O)[C@@H]2CCCC[C@H]2C1=O)N(Cc1cccs1)Cc1cccs1. The van der Waals surface area contributed by atoms with E-state index in [1.54, 1.807) is 22.7 Å². The van der Waals surface area contributed by atoms with Gasteiger partial charge in [0.1, 0.15) is 0 Å². The van der Waals surface area contributed by atoms with Gasteiger partial charge in [0.2, 0.25) is 17.7 Å². The van der Waals surface area contributed by atoms with Crippen LogP contribution < -0.4 is 0 Å². The van der Waals surface area contributed by atoms with Crippen molar-refractivity contribution in [3.63, 3.8) is 0 Å². The lowest BCUT2D eigenvalue weighted by molar-refractivity contribution is -0.141. The summed E-state index contributed by atoms with van der Waals surface area (Å²) in [4.78, 5) is 43.7. The second kappa shape index (κ2) is 8.57. The zero-order chi connectivity index (χ0) is 19.5. The lowest BCUT2D eigenvalue weighted by Crippen LogP contribution is -2.36. The van der Waals surface area contributed by atoms with E-state index in [0.29, 0.717) is 13.1 Å². The lowest BCUT2D eigenvalue weighted by atomic mass is 9.81. The van der Waals surface area contributed by atoms with Gasteiger partial charge in [-0.2, -0.15) is 0 Å². The summed E-state index contributed by atoms with van der Waals surface area (Å²) in [6.07, 6.45) is 3.84. The van der Waals surface area contributed by atoms with Crippen molar-refractivity contribution >= 4 is 40.4 Å². The molecule has 1 saturated carbocycles. The van der Waals surface area contributed by atoms with Gasteiger partial charge in [-0.25, -0.2) is 0 Å².